The Hall–Kier alpha value is -2.62. The van der Waals surface area contributed by atoms with E-state index in [9.17, 15) is 9.59 Å². The quantitative estimate of drug-likeness (QED) is 0.885. The molecule has 0 saturated carbocycles. The first-order valence-electron chi connectivity index (χ1n) is 7.17. The topological polar surface area (TPSA) is 72.2 Å². The third kappa shape index (κ3) is 3.01. The van der Waals surface area contributed by atoms with Crippen molar-refractivity contribution < 1.29 is 9.59 Å². The van der Waals surface area contributed by atoms with Crippen LogP contribution in [-0.4, -0.2) is 17.9 Å². The number of nitrogens with one attached hydrogen (secondary N) is 1. The molecule has 4 nitrogen and oxygen atoms in total. The average molecular weight is 296 g/mol. The first kappa shape index (κ1) is 15.8. The van der Waals surface area contributed by atoms with Crippen LogP contribution < -0.4 is 11.1 Å². The second-order valence-electron chi connectivity index (χ2n) is 5.45. The van der Waals surface area contributed by atoms with Crippen LogP contribution in [0.25, 0.3) is 0 Å². The molecule has 3 N–H and O–H groups in total. The molecule has 2 rings (SSSR count). The molecule has 0 aliphatic rings. The molecule has 0 saturated heterocycles. The molecule has 2 aromatic rings. The number of nitrogens with two attached hydrogens (primary N) is 1. The van der Waals surface area contributed by atoms with E-state index in [0.717, 1.165) is 11.1 Å². The molecule has 0 spiro atoms. The van der Waals surface area contributed by atoms with E-state index in [0.29, 0.717) is 0 Å². The number of rotatable bonds is 5. The Bertz CT molecular complexity index is 614. The SMILES string of the molecule is C[C@H](NC(=O)C(C)(c1ccccc1)c1ccccc1)C(N)=O. The molecule has 1 atom stereocenters. The summed E-state index contributed by atoms with van der Waals surface area (Å²) in [5, 5.41) is 2.70. The lowest BCUT2D eigenvalue weighted by atomic mass is 9.75. The molecule has 114 valence electrons. The third-order valence-electron chi connectivity index (χ3n) is 3.93. The van der Waals surface area contributed by atoms with E-state index in [2.05, 4.69) is 5.32 Å². The van der Waals surface area contributed by atoms with Gasteiger partial charge < -0.3 is 11.1 Å². The molecule has 0 aliphatic carbocycles. The number of benzene rings is 2. The van der Waals surface area contributed by atoms with Gasteiger partial charge in [-0.15, -0.1) is 0 Å². The monoisotopic (exact) mass is 296 g/mol. The second-order valence-corrected chi connectivity index (χ2v) is 5.45. The molecule has 0 radical (unpaired) electrons. The molecule has 0 aliphatic heterocycles. The van der Waals surface area contributed by atoms with Gasteiger partial charge in [-0.25, -0.2) is 0 Å². The standard InChI is InChI=1S/C18H20N2O2/c1-13(16(19)21)20-17(22)18(2,14-9-5-3-6-10-14)15-11-7-4-8-12-15/h3-13H,1-2H3,(H2,19,21)(H,20,22)/t13-/m0/s1. The number of amides is 2. The van der Waals surface area contributed by atoms with Crippen molar-refractivity contribution in [1.29, 1.82) is 0 Å². The van der Waals surface area contributed by atoms with Crippen molar-refractivity contribution >= 4 is 11.8 Å². The van der Waals surface area contributed by atoms with Gasteiger partial charge in [-0.3, -0.25) is 9.59 Å². The Labute approximate surface area is 130 Å². The van der Waals surface area contributed by atoms with Gasteiger partial charge in [0.15, 0.2) is 0 Å². The predicted molar refractivity (Wildman–Crippen MR) is 86.1 cm³/mol. The molecular formula is C18H20N2O2. The minimum atomic E-state index is -0.897. The molecule has 0 fully saturated rings. The van der Waals surface area contributed by atoms with Gasteiger partial charge in [0.05, 0.1) is 5.41 Å². The Kier molecular flexibility index (Phi) is 4.61. The van der Waals surface area contributed by atoms with E-state index in [1.165, 1.54) is 0 Å². The first-order chi connectivity index (χ1) is 10.5. The fourth-order valence-electron chi connectivity index (χ4n) is 2.38. The Balaban J connectivity index is 2.47. The summed E-state index contributed by atoms with van der Waals surface area (Å²) in [6, 6.07) is 18.3. The van der Waals surface area contributed by atoms with Gasteiger partial charge in [-0.05, 0) is 25.0 Å². The lowest BCUT2D eigenvalue weighted by molar-refractivity contribution is -0.129. The second kappa shape index (κ2) is 6.43. The fraction of sp³-hybridized carbons (Fsp3) is 0.222. The van der Waals surface area contributed by atoms with Gasteiger partial charge in [-0.1, -0.05) is 60.7 Å². The number of hydrogen-bond acceptors (Lipinski definition) is 2. The summed E-state index contributed by atoms with van der Waals surface area (Å²) in [4.78, 5) is 24.1. The van der Waals surface area contributed by atoms with Crippen LogP contribution in [0.1, 0.15) is 25.0 Å². The zero-order chi connectivity index (χ0) is 16.2. The molecule has 0 heterocycles. The van der Waals surface area contributed by atoms with Gasteiger partial charge in [-0.2, -0.15) is 0 Å². The van der Waals surface area contributed by atoms with Crippen LogP contribution in [0.4, 0.5) is 0 Å². The van der Waals surface area contributed by atoms with Crippen molar-refractivity contribution in [2.24, 2.45) is 5.73 Å². The van der Waals surface area contributed by atoms with E-state index in [1.54, 1.807) is 6.92 Å². The maximum atomic E-state index is 12.9. The zero-order valence-electron chi connectivity index (χ0n) is 12.7. The summed E-state index contributed by atoms with van der Waals surface area (Å²) in [7, 11) is 0. The number of primary amides is 1. The molecule has 0 bridgehead atoms. The van der Waals surface area contributed by atoms with Crippen LogP contribution in [0.3, 0.4) is 0 Å². The van der Waals surface area contributed by atoms with E-state index in [-0.39, 0.29) is 5.91 Å². The molecule has 4 heteroatoms. The molecule has 2 aromatic carbocycles. The van der Waals surface area contributed by atoms with Crippen LogP contribution in [0.5, 0.6) is 0 Å². The number of carbonyl (C=O) groups excluding carboxylic acids is 2. The van der Waals surface area contributed by atoms with Gasteiger partial charge in [0.1, 0.15) is 6.04 Å². The van der Waals surface area contributed by atoms with E-state index in [1.807, 2.05) is 67.6 Å². The Morgan fingerprint density at radius 2 is 1.36 bits per heavy atom. The minimum absolute atomic E-state index is 0.254. The third-order valence-corrected chi connectivity index (χ3v) is 3.93. The summed E-state index contributed by atoms with van der Waals surface area (Å²) in [5.41, 5.74) is 6.07. The van der Waals surface area contributed by atoms with Gasteiger partial charge in [0.25, 0.3) is 0 Å². The summed E-state index contributed by atoms with van der Waals surface area (Å²) in [6.07, 6.45) is 0. The van der Waals surface area contributed by atoms with Crippen molar-refractivity contribution in [3.63, 3.8) is 0 Å². The molecule has 2 amide bonds. The van der Waals surface area contributed by atoms with Crippen LogP contribution in [0, 0.1) is 0 Å². The van der Waals surface area contributed by atoms with Crippen LogP contribution >= 0.6 is 0 Å². The van der Waals surface area contributed by atoms with Crippen LogP contribution in [0.2, 0.25) is 0 Å². The van der Waals surface area contributed by atoms with Crippen molar-refractivity contribution in [2.75, 3.05) is 0 Å². The number of hydrogen-bond donors (Lipinski definition) is 2. The largest absolute Gasteiger partial charge is 0.368 e. The zero-order valence-corrected chi connectivity index (χ0v) is 12.7. The lowest BCUT2D eigenvalue weighted by Gasteiger charge is -2.30. The van der Waals surface area contributed by atoms with Gasteiger partial charge >= 0.3 is 0 Å². The molecule has 0 unspecified atom stereocenters. The van der Waals surface area contributed by atoms with Gasteiger partial charge in [0, 0.05) is 0 Å². The maximum Gasteiger partial charge on any atom is 0.239 e. The normalized spacial score (nSPS) is 12.5. The predicted octanol–water partition coefficient (Wildman–Crippen LogP) is 1.98. The maximum absolute atomic E-state index is 12.9. The average Bonchev–Trinajstić information content (AvgIpc) is 2.55. The molecule has 0 aromatic heterocycles. The van der Waals surface area contributed by atoms with E-state index in [4.69, 9.17) is 5.73 Å². The van der Waals surface area contributed by atoms with Gasteiger partial charge in [0.2, 0.25) is 11.8 Å². The highest BCUT2D eigenvalue weighted by Gasteiger charge is 2.37. The summed E-state index contributed by atoms with van der Waals surface area (Å²) >= 11 is 0. The highest BCUT2D eigenvalue weighted by atomic mass is 16.2. The summed E-state index contributed by atoms with van der Waals surface area (Å²) in [6.45, 7) is 3.43. The first-order valence-corrected chi connectivity index (χ1v) is 7.17. The minimum Gasteiger partial charge on any atom is -0.368 e. The Morgan fingerprint density at radius 1 is 0.955 bits per heavy atom. The summed E-state index contributed by atoms with van der Waals surface area (Å²) in [5.74, 6) is -0.812. The highest BCUT2D eigenvalue weighted by Crippen LogP contribution is 2.32. The molecular weight excluding hydrogens is 276 g/mol. The van der Waals surface area contributed by atoms with Crippen molar-refractivity contribution in [3.8, 4) is 0 Å². The highest BCUT2D eigenvalue weighted by molar-refractivity contribution is 5.94. The fourth-order valence-corrected chi connectivity index (χ4v) is 2.38. The molecule has 22 heavy (non-hydrogen) atoms. The van der Waals surface area contributed by atoms with Crippen molar-refractivity contribution in [3.05, 3.63) is 71.8 Å². The van der Waals surface area contributed by atoms with E-state index < -0.39 is 17.4 Å². The van der Waals surface area contributed by atoms with Crippen LogP contribution in [0.15, 0.2) is 60.7 Å². The number of carbonyl (C=O) groups is 2. The van der Waals surface area contributed by atoms with Crippen molar-refractivity contribution in [1.82, 2.24) is 5.32 Å². The lowest BCUT2D eigenvalue weighted by Crippen LogP contribution is -2.50. The summed E-state index contributed by atoms with van der Waals surface area (Å²) < 4.78 is 0. The van der Waals surface area contributed by atoms with E-state index >= 15 is 0 Å². The smallest absolute Gasteiger partial charge is 0.239 e. The Morgan fingerprint density at radius 3 is 1.73 bits per heavy atom. The van der Waals surface area contributed by atoms with Crippen LogP contribution in [-0.2, 0) is 15.0 Å². The van der Waals surface area contributed by atoms with Crippen molar-refractivity contribution in [2.45, 2.75) is 25.3 Å².